The number of hydrogen-bond acceptors (Lipinski definition) is 3. The molecule has 0 fully saturated rings. The molecule has 2 rings (SSSR count). The van der Waals surface area contributed by atoms with Crippen molar-refractivity contribution in [3.63, 3.8) is 0 Å². The summed E-state index contributed by atoms with van der Waals surface area (Å²) in [6.07, 6.45) is 2.01. The van der Waals surface area contributed by atoms with Gasteiger partial charge in [-0.25, -0.2) is 4.98 Å². The molecule has 2 aromatic rings. The quantitative estimate of drug-likeness (QED) is 0.830. The normalized spacial score (nSPS) is 10.9. The van der Waals surface area contributed by atoms with Crippen LogP contribution in [0.15, 0.2) is 24.3 Å². The molecule has 0 aliphatic carbocycles. The number of rotatable bonds is 3. The fourth-order valence-corrected chi connectivity index (χ4v) is 1.93. The van der Waals surface area contributed by atoms with Crippen LogP contribution in [0.1, 0.15) is 24.5 Å². The number of aromatic nitrogens is 1. The number of hydrogen-bond donors (Lipinski definition) is 2. The van der Waals surface area contributed by atoms with Crippen LogP contribution in [-0.4, -0.2) is 15.2 Å². The predicted molar refractivity (Wildman–Crippen MR) is 63.3 cm³/mol. The third-order valence-corrected chi connectivity index (χ3v) is 2.65. The Balaban J connectivity index is 2.63. The summed E-state index contributed by atoms with van der Waals surface area (Å²) >= 11 is 0. The van der Waals surface area contributed by atoms with Crippen molar-refractivity contribution in [1.82, 2.24) is 4.98 Å². The number of aryl methyl sites for hydroxylation is 1. The van der Waals surface area contributed by atoms with E-state index in [1.54, 1.807) is 12.1 Å². The van der Waals surface area contributed by atoms with Gasteiger partial charge in [-0.05, 0) is 29.7 Å². The maximum absolute atomic E-state index is 9.34. The highest BCUT2D eigenvalue weighted by Gasteiger charge is 2.05. The second-order valence-electron chi connectivity index (χ2n) is 3.90. The molecule has 1 heterocycles. The number of nitrogens with zero attached hydrogens (tertiary/aromatic N) is 1. The number of fused-ring (bicyclic) bond motifs is 1. The Labute approximate surface area is 94.4 Å². The molecule has 0 unspecified atom stereocenters. The van der Waals surface area contributed by atoms with Crippen molar-refractivity contribution in [1.29, 1.82) is 0 Å². The van der Waals surface area contributed by atoms with E-state index in [0.29, 0.717) is 0 Å². The lowest BCUT2D eigenvalue weighted by atomic mass is 10.0. The molecule has 3 nitrogen and oxygen atoms in total. The first kappa shape index (κ1) is 10.9. The first-order valence-electron chi connectivity index (χ1n) is 5.47. The summed E-state index contributed by atoms with van der Waals surface area (Å²) in [6.45, 7) is 2.11. The van der Waals surface area contributed by atoms with Crippen LogP contribution in [0.5, 0.6) is 5.88 Å². The second kappa shape index (κ2) is 4.49. The molecule has 0 saturated heterocycles. The van der Waals surface area contributed by atoms with E-state index in [2.05, 4.69) is 11.9 Å². The molecule has 0 bridgehead atoms. The summed E-state index contributed by atoms with van der Waals surface area (Å²) in [4.78, 5) is 4.07. The summed E-state index contributed by atoms with van der Waals surface area (Å²) in [5, 5.41) is 19.6. The first-order valence-corrected chi connectivity index (χ1v) is 5.47. The Bertz CT molecular complexity index is 509. The van der Waals surface area contributed by atoms with Gasteiger partial charge in [-0.1, -0.05) is 19.4 Å². The van der Waals surface area contributed by atoms with Gasteiger partial charge in [0.2, 0.25) is 5.88 Å². The summed E-state index contributed by atoms with van der Waals surface area (Å²) in [5.74, 6) is 0.0186. The van der Waals surface area contributed by atoms with Crippen LogP contribution >= 0.6 is 0 Å². The maximum Gasteiger partial charge on any atom is 0.211 e. The molecule has 16 heavy (non-hydrogen) atoms. The highest BCUT2D eigenvalue weighted by atomic mass is 16.3. The van der Waals surface area contributed by atoms with E-state index in [1.807, 2.05) is 12.1 Å². The molecule has 3 heteroatoms. The smallest absolute Gasteiger partial charge is 0.211 e. The molecular formula is C13H15NO2. The zero-order valence-electron chi connectivity index (χ0n) is 9.27. The summed E-state index contributed by atoms with van der Waals surface area (Å²) in [5.41, 5.74) is 2.76. The summed E-state index contributed by atoms with van der Waals surface area (Å²) in [7, 11) is 0. The molecule has 0 radical (unpaired) electrons. The lowest BCUT2D eigenvalue weighted by molar-refractivity contribution is 0.283. The van der Waals surface area contributed by atoms with E-state index in [0.717, 1.165) is 34.9 Å². The van der Waals surface area contributed by atoms with Crippen molar-refractivity contribution in [2.75, 3.05) is 0 Å². The van der Waals surface area contributed by atoms with E-state index in [-0.39, 0.29) is 12.5 Å². The minimum Gasteiger partial charge on any atom is -0.493 e. The van der Waals surface area contributed by atoms with E-state index >= 15 is 0 Å². The summed E-state index contributed by atoms with van der Waals surface area (Å²) < 4.78 is 0. The van der Waals surface area contributed by atoms with Crippen molar-refractivity contribution in [3.8, 4) is 5.88 Å². The van der Waals surface area contributed by atoms with E-state index in [1.165, 1.54) is 0 Å². The lowest BCUT2D eigenvalue weighted by Gasteiger charge is -2.07. The third kappa shape index (κ3) is 1.99. The van der Waals surface area contributed by atoms with Crippen LogP contribution in [0.4, 0.5) is 0 Å². The van der Waals surface area contributed by atoms with Gasteiger partial charge in [-0.15, -0.1) is 0 Å². The van der Waals surface area contributed by atoms with Gasteiger partial charge in [-0.2, -0.15) is 0 Å². The zero-order valence-corrected chi connectivity index (χ0v) is 9.27. The van der Waals surface area contributed by atoms with Crippen LogP contribution < -0.4 is 0 Å². The van der Waals surface area contributed by atoms with Crippen LogP contribution in [0.3, 0.4) is 0 Å². The van der Waals surface area contributed by atoms with Gasteiger partial charge in [0.25, 0.3) is 0 Å². The monoisotopic (exact) mass is 217 g/mol. The fourth-order valence-electron chi connectivity index (χ4n) is 1.93. The number of pyridine rings is 1. The Morgan fingerprint density at radius 2 is 2.06 bits per heavy atom. The van der Waals surface area contributed by atoms with E-state index < -0.39 is 0 Å². The van der Waals surface area contributed by atoms with Crippen molar-refractivity contribution < 1.29 is 10.2 Å². The summed E-state index contributed by atoms with van der Waals surface area (Å²) in [6, 6.07) is 7.31. The Hall–Kier alpha value is -1.61. The fraction of sp³-hybridized carbons (Fsp3) is 0.308. The van der Waals surface area contributed by atoms with Gasteiger partial charge >= 0.3 is 0 Å². The Morgan fingerprint density at radius 1 is 1.25 bits per heavy atom. The average molecular weight is 217 g/mol. The van der Waals surface area contributed by atoms with Gasteiger partial charge in [0, 0.05) is 11.5 Å². The molecule has 0 aliphatic heterocycles. The molecular weight excluding hydrogens is 202 g/mol. The molecule has 1 aromatic carbocycles. The molecule has 2 N–H and O–H groups in total. The van der Waals surface area contributed by atoms with Gasteiger partial charge in [0.1, 0.15) is 0 Å². The standard InChI is InChI=1S/C13H15NO2/c1-2-3-9-6-10(8-15)11-4-5-13(16)14-12(11)7-9/h4-7,15H,2-3,8H2,1H3,(H,14,16). The number of benzene rings is 1. The second-order valence-corrected chi connectivity index (χ2v) is 3.90. The molecule has 0 atom stereocenters. The minimum absolute atomic E-state index is 0.000505. The Kier molecular flexibility index (Phi) is 3.06. The SMILES string of the molecule is CCCc1cc(CO)c2ccc(O)nc2c1. The number of aliphatic hydroxyl groups is 1. The molecule has 1 aromatic heterocycles. The molecule has 0 amide bonds. The van der Waals surface area contributed by atoms with Crippen molar-refractivity contribution in [2.45, 2.75) is 26.4 Å². The first-order chi connectivity index (χ1) is 7.74. The van der Waals surface area contributed by atoms with E-state index in [4.69, 9.17) is 0 Å². The molecule has 0 saturated carbocycles. The molecule has 0 aliphatic rings. The largest absolute Gasteiger partial charge is 0.493 e. The van der Waals surface area contributed by atoms with Crippen molar-refractivity contribution in [3.05, 3.63) is 35.4 Å². The Morgan fingerprint density at radius 3 is 2.75 bits per heavy atom. The van der Waals surface area contributed by atoms with Crippen molar-refractivity contribution >= 4 is 10.9 Å². The molecule has 0 spiro atoms. The number of aliphatic hydroxyl groups excluding tert-OH is 1. The van der Waals surface area contributed by atoms with Gasteiger partial charge < -0.3 is 10.2 Å². The minimum atomic E-state index is 0.000505. The van der Waals surface area contributed by atoms with Crippen LogP contribution in [-0.2, 0) is 13.0 Å². The average Bonchev–Trinajstić information content (AvgIpc) is 2.27. The highest BCUT2D eigenvalue weighted by molar-refractivity contribution is 5.83. The third-order valence-electron chi connectivity index (χ3n) is 2.65. The van der Waals surface area contributed by atoms with Gasteiger partial charge in [-0.3, -0.25) is 0 Å². The molecule has 84 valence electrons. The van der Waals surface area contributed by atoms with Crippen molar-refractivity contribution in [2.24, 2.45) is 0 Å². The highest BCUT2D eigenvalue weighted by Crippen LogP contribution is 2.22. The topological polar surface area (TPSA) is 53.4 Å². The van der Waals surface area contributed by atoms with Crippen LogP contribution in [0.25, 0.3) is 10.9 Å². The predicted octanol–water partition coefficient (Wildman–Crippen LogP) is 2.39. The van der Waals surface area contributed by atoms with E-state index in [9.17, 15) is 10.2 Å². The van der Waals surface area contributed by atoms with Crippen LogP contribution in [0, 0.1) is 0 Å². The zero-order chi connectivity index (χ0) is 11.5. The lowest BCUT2D eigenvalue weighted by Crippen LogP contribution is -1.92. The number of aromatic hydroxyl groups is 1. The van der Waals surface area contributed by atoms with Gasteiger partial charge in [0.15, 0.2) is 0 Å². The maximum atomic E-state index is 9.34. The van der Waals surface area contributed by atoms with Gasteiger partial charge in [0.05, 0.1) is 12.1 Å². The van der Waals surface area contributed by atoms with Crippen LogP contribution in [0.2, 0.25) is 0 Å².